The molecule has 0 saturated heterocycles. The molecule has 7 rings (SSSR count). The average molecular weight is 607 g/mol. The minimum Gasteiger partial charge on any atom is -0.496 e. The Kier molecular flexibility index (Phi) is 6.78. The highest BCUT2D eigenvalue weighted by Gasteiger charge is 2.41. The van der Waals surface area contributed by atoms with Gasteiger partial charge in [0.05, 0.1) is 24.7 Å². The highest BCUT2D eigenvalue weighted by molar-refractivity contribution is 7.91. The molecular weight excluding hydrogens is 572 g/mol. The van der Waals surface area contributed by atoms with Gasteiger partial charge in [-0.15, -0.1) is 5.10 Å². The van der Waals surface area contributed by atoms with E-state index in [2.05, 4.69) is 34.4 Å². The highest BCUT2D eigenvalue weighted by atomic mass is 32.2. The summed E-state index contributed by atoms with van der Waals surface area (Å²) >= 11 is 0. The van der Waals surface area contributed by atoms with Crippen LogP contribution in [-0.4, -0.2) is 62.7 Å². The molecule has 9 nitrogen and oxygen atoms in total. The topological polar surface area (TPSA) is 95.1 Å². The summed E-state index contributed by atoms with van der Waals surface area (Å²) in [6, 6.07) is 16.0. The van der Waals surface area contributed by atoms with E-state index in [4.69, 9.17) is 9.72 Å². The summed E-state index contributed by atoms with van der Waals surface area (Å²) in [4.78, 5) is 6.98. The Hall–Kier alpha value is -4.54. The number of likely N-dealkylation sites (N-methyl/N-ethyl adjacent to an activating group) is 1. The van der Waals surface area contributed by atoms with Crippen molar-refractivity contribution in [1.29, 1.82) is 0 Å². The minimum absolute atomic E-state index is 0.329. The van der Waals surface area contributed by atoms with Gasteiger partial charge in [0.15, 0.2) is 5.65 Å². The first-order valence-corrected chi connectivity index (χ1v) is 16.1. The molecule has 0 radical (unpaired) electrons. The normalized spacial score (nSPS) is 18.8. The van der Waals surface area contributed by atoms with Gasteiger partial charge < -0.3 is 9.64 Å². The second-order valence-electron chi connectivity index (χ2n) is 11.9. The third kappa shape index (κ3) is 4.65. The van der Waals surface area contributed by atoms with E-state index >= 15 is 0 Å². The quantitative estimate of drug-likeness (QED) is 0.249. The fraction of sp³-hybridized carbons (Fsp3) is 0.265. The molecule has 44 heavy (non-hydrogen) atoms. The molecule has 0 N–H and O–H groups in total. The molecule has 5 aromatic rings. The van der Waals surface area contributed by atoms with Crippen LogP contribution in [0.3, 0.4) is 0 Å². The number of pyridine rings is 1. The van der Waals surface area contributed by atoms with Crippen molar-refractivity contribution in [2.24, 2.45) is 0 Å². The van der Waals surface area contributed by atoms with Gasteiger partial charge in [0, 0.05) is 42.0 Å². The summed E-state index contributed by atoms with van der Waals surface area (Å²) in [7, 11) is -0.0387. The Balaban J connectivity index is 1.18. The minimum atomic E-state index is -3.86. The second-order valence-corrected chi connectivity index (χ2v) is 14.2. The lowest BCUT2D eigenvalue weighted by Crippen LogP contribution is -2.38. The number of benzene rings is 2. The number of hydrogen-bond acceptors (Lipinski definition) is 7. The Morgan fingerprint density at radius 3 is 2.57 bits per heavy atom. The van der Waals surface area contributed by atoms with Crippen LogP contribution in [0.1, 0.15) is 35.7 Å². The molecule has 0 fully saturated rings. The van der Waals surface area contributed by atoms with Gasteiger partial charge in [-0.3, -0.25) is 0 Å². The summed E-state index contributed by atoms with van der Waals surface area (Å²) in [6.07, 6.45) is 12.0. The van der Waals surface area contributed by atoms with E-state index < -0.39 is 14.8 Å². The largest absolute Gasteiger partial charge is 0.496 e. The van der Waals surface area contributed by atoms with Crippen molar-refractivity contribution in [2.75, 3.05) is 20.7 Å². The number of aromatic nitrogens is 5. The maximum atomic E-state index is 14.2. The van der Waals surface area contributed by atoms with E-state index in [-0.39, 0.29) is 0 Å². The van der Waals surface area contributed by atoms with Crippen LogP contribution in [0, 0.1) is 6.92 Å². The molecule has 0 bridgehead atoms. The van der Waals surface area contributed by atoms with Crippen molar-refractivity contribution in [3.63, 3.8) is 0 Å². The summed E-state index contributed by atoms with van der Waals surface area (Å²) < 4.78 is 36.2. The number of nitrogens with zero attached hydrogens (tertiary/aromatic N) is 6. The average Bonchev–Trinajstić information content (AvgIpc) is 3.66. The van der Waals surface area contributed by atoms with Gasteiger partial charge in [0.1, 0.15) is 10.5 Å². The first-order valence-electron chi connectivity index (χ1n) is 14.6. The van der Waals surface area contributed by atoms with Crippen molar-refractivity contribution in [3.8, 4) is 22.6 Å². The first-order chi connectivity index (χ1) is 21.2. The molecule has 1 atom stereocenters. The molecule has 224 valence electrons. The van der Waals surface area contributed by atoms with Crippen LogP contribution in [0.5, 0.6) is 5.75 Å². The molecule has 0 saturated carbocycles. The van der Waals surface area contributed by atoms with E-state index in [0.717, 1.165) is 64.3 Å². The van der Waals surface area contributed by atoms with Crippen LogP contribution in [0.2, 0.25) is 0 Å². The second kappa shape index (κ2) is 10.6. The number of fused-ring (bicyclic) bond motifs is 2. The third-order valence-corrected chi connectivity index (χ3v) is 11.1. The number of hydrogen-bond donors (Lipinski definition) is 0. The van der Waals surface area contributed by atoms with Crippen molar-refractivity contribution >= 4 is 26.6 Å². The van der Waals surface area contributed by atoms with Crippen molar-refractivity contribution in [2.45, 2.75) is 38.0 Å². The maximum Gasteiger partial charge on any atom is 0.249 e. The fourth-order valence-corrected chi connectivity index (χ4v) is 7.93. The molecule has 2 aromatic carbocycles. The summed E-state index contributed by atoms with van der Waals surface area (Å²) in [6.45, 7) is 5.57. The molecule has 1 aliphatic carbocycles. The Morgan fingerprint density at radius 1 is 1.00 bits per heavy atom. The molecule has 0 amide bonds. The number of rotatable bonds is 6. The van der Waals surface area contributed by atoms with E-state index in [9.17, 15) is 8.42 Å². The van der Waals surface area contributed by atoms with E-state index in [1.165, 1.54) is 15.1 Å². The lowest BCUT2D eigenvalue weighted by Gasteiger charge is -2.30. The molecule has 0 spiro atoms. The van der Waals surface area contributed by atoms with Crippen LogP contribution in [-0.2, 0) is 23.0 Å². The van der Waals surface area contributed by atoms with Gasteiger partial charge in [0.2, 0.25) is 10.0 Å². The predicted molar refractivity (Wildman–Crippen MR) is 172 cm³/mol. The molecule has 1 unspecified atom stereocenters. The van der Waals surface area contributed by atoms with Gasteiger partial charge in [-0.05, 0) is 86.3 Å². The standard InChI is InChI=1S/C34H34N6O3S/c1-23-20-36-37-40(23)30-9-7-24(8-10-30)27-6-5-13-34(2,19-27)44(41,42)39-15-12-26-17-29(21-35-33(26)39)28-16-25-11-14-38(3)22-31(25)32(18-28)43-4/h5-10,12-13,15-18,20-21H,11,14,19,22H2,1-4H3. The monoisotopic (exact) mass is 606 g/mol. The van der Waals surface area contributed by atoms with Gasteiger partial charge >= 0.3 is 0 Å². The molecule has 3 aromatic heterocycles. The first kappa shape index (κ1) is 28.2. The number of ether oxygens (including phenoxy) is 1. The van der Waals surface area contributed by atoms with Crippen LogP contribution >= 0.6 is 0 Å². The summed E-state index contributed by atoms with van der Waals surface area (Å²) in [5.41, 5.74) is 8.59. The van der Waals surface area contributed by atoms with Crippen LogP contribution in [0.15, 0.2) is 85.3 Å². The highest BCUT2D eigenvalue weighted by Crippen LogP contribution is 2.39. The summed E-state index contributed by atoms with van der Waals surface area (Å²) in [5.74, 6) is 0.869. The third-order valence-electron chi connectivity index (χ3n) is 8.88. The lowest BCUT2D eigenvalue weighted by atomic mass is 9.90. The van der Waals surface area contributed by atoms with Gasteiger partial charge in [-0.1, -0.05) is 41.6 Å². The van der Waals surface area contributed by atoms with Crippen LogP contribution in [0.4, 0.5) is 0 Å². The van der Waals surface area contributed by atoms with Crippen LogP contribution in [0.25, 0.3) is 33.4 Å². The Morgan fingerprint density at radius 2 is 1.82 bits per heavy atom. The van der Waals surface area contributed by atoms with E-state index in [0.29, 0.717) is 12.1 Å². The molecule has 2 aliphatic rings. The molecule has 1 aliphatic heterocycles. The Bertz CT molecular complexity index is 2060. The maximum absolute atomic E-state index is 14.2. The van der Waals surface area contributed by atoms with Gasteiger partial charge in [-0.2, -0.15) is 0 Å². The van der Waals surface area contributed by atoms with E-state index in [1.807, 2.05) is 55.5 Å². The zero-order valence-electron chi connectivity index (χ0n) is 25.2. The van der Waals surface area contributed by atoms with Crippen molar-refractivity contribution < 1.29 is 13.2 Å². The predicted octanol–water partition coefficient (Wildman–Crippen LogP) is 5.57. The lowest BCUT2D eigenvalue weighted by molar-refractivity contribution is 0.302. The van der Waals surface area contributed by atoms with Crippen molar-refractivity contribution in [1.82, 2.24) is 28.9 Å². The fourth-order valence-electron chi connectivity index (χ4n) is 6.29. The number of methoxy groups -OCH3 is 1. The Labute approximate surface area is 257 Å². The summed E-state index contributed by atoms with van der Waals surface area (Å²) in [5, 5.41) is 8.86. The smallest absolute Gasteiger partial charge is 0.249 e. The molecular formula is C34H34N6O3S. The molecule has 4 heterocycles. The number of allylic oxidation sites excluding steroid dienone is 3. The van der Waals surface area contributed by atoms with Crippen molar-refractivity contribution in [3.05, 3.63) is 108 Å². The molecule has 10 heteroatoms. The van der Waals surface area contributed by atoms with E-state index in [1.54, 1.807) is 43.4 Å². The number of aryl methyl sites for hydroxylation is 1. The zero-order valence-corrected chi connectivity index (χ0v) is 26.0. The zero-order chi connectivity index (χ0) is 30.6. The van der Waals surface area contributed by atoms with Gasteiger partial charge in [0.25, 0.3) is 0 Å². The van der Waals surface area contributed by atoms with Gasteiger partial charge in [-0.25, -0.2) is 22.1 Å². The SMILES string of the molecule is COc1cc(-c2cnc3c(ccn3S(=O)(=O)C3(C)C=CC=C(c4ccc(-n5nncc5C)cc4)C3)c2)cc2c1CN(C)CC2. The van der Waals surface area contributed by atoms with Crippen LogP contribution < -0.4 is 4.74 Å².